The van der Waals surface area contributed by atoms with Crippen LogP contribution >= 0.6 is 0 Å². The highest BCUT2D eigenvalue weighted by atomic mass is 16.2. The number of rotatable bonds is 6. The van der Waals surface area contributed by atoms with E-state index >= 15 is 0 Å². The molecular weight excluding hydrogens is 254 g/mol. The smallest absolute Gasteiger partial charge is 0.246 e. The lowest BCUT2D eigenvalue weighted by molar-refractivity contribution is -0.116. The molecule has 0 saturated heterocycles. The Balaban J connectivity index is 1.50. The Bertz CT molecular complexity index is 576. The van der Waals surface area contributed by atoms with Gasteiger partial charge in [0.1, 0.15) is 6.54 Å². The first-order valence-electron chi connectivity index (χ1n) is 6.77. The van der Waals surface area contributed by atoms with Crippen LogP contribution in [0.15, 0.2) is 36.5 Å². The van der Waals surface area contributed by atoms with Gasteiger partial charge in [-0.3, -0.25) is 4.79 Å². The molecule has 104 valence electrons. The van der Waals surface area contributed by atoms with Gasteiger partial charge in [-0.15, -0.1) is 5.10 Å². The van der Waals surface area contributed by atoms with Crippen LogP contribution in [0.3, 0.4) is 0 Å². The van der Waals surface area contributed by atoms with Crippen LogP contribution in [0.5, 0.6) is 0 Å². The molecule has 0 bridgehead atoms. The first-order chi connectivity index (χ1) is 9.79. The Hall–Kier alpha value is -2.21. The molecule has 3 rings (SSSR count). The molecule has 2 aromatic rings. The van der Waals surface area contributed by atoms with Crippen LogP contribution in [0.4, 0.5) is 5.69 Å². The van der Waals surface area contributed by atoms with E-state index in [1.54, 1.807) is 10.9 Å². The monoisotopic (exact) mass is 271 g/mol. The predicted molar refractivity (Wildman–Crippen MR) is 75.0 cm³/mol. The molecule has 1 fully saturated rings. The van der Waals surface area contributed by atoms with Gasteiger partial charge in [-0.2, -0.15) is 0 Å². The fraction of sp³-hybridized carbons (Fsp3) is 0.357. The third-order valence-corrected chi connectivity index (χ3v) is 3.10. The van der Waals surface area contributed by atoms with Crippen molar-refractivity contribution in [2.24, 2.45) is 0 Å². The van der Waals surface area contributed by atoms with E-state index in [0.717, 1.165) is 11.4 Å². The number of amides is 1. The summed E-state index contributed by atoms with van der Waals surface area (Å²) >= 11 is 0. The second kappa shape index (κ2) is 5.83. The lowest BCUT2D eigenvalue weighted by Crippen LogP contribution is -2.19. The summed E-state index contributed by atoms with van der Waals surface area (Å²) in [5.74, 6) is -0.109. The lowest BCUT2D eigenvalue weighted by Gasteiger charge is -2.04. The average Bonchev–Trinajstić information content (AvgIpc) is 3.18. The number of hydrogen-bond donors (Lipinski definition) is 2. The van der Waals surface area contributed by atoms with E-state index in [0.29, 0.717) is 12.6 Å². The molecule has 0 aliphatic heterocycles. The molecule has 1 aliphatic rings. The summed E-state index contributed by atoms with van der Waals surface area (Å²) in [6.07, 6.45) is 4.29. The number of para-hydroxylation sites is 1. The van der Waals surface area contributed by atoms with Crippen molar-refractivity contribution in [2.45, 2.75) is 32.0 Å². The summed E-state index contributed by atoms with van der Waals surface area (Å²) in [6.45, 7) is 0.885. The first-order valence-corrected chi connectivity index (χ1v) is 6.77. The number of anilines is 1. The molecule has 6 nitrogen and oxygen atoms in total. The maximum absolute atomic E-state index is 11.9. The minimum atomic E-state index is -0.109. The number of nitrogens with zero attached hydrogens (tertiary/aromatic N) is 3. The molecule has 0 radical (unpaired) electrons. The SMILES string of the molecule is O=C(Cn1cc(CNC2CC2)nn1)Nc1ccccc1. The Morgan fingerprint density at radius 3 is 2.85 bits per heavy atom. The van der Waals surface area contributed by atoms with Crippen LogP contribution in [0, 0.1) is 0 Å². The normalized spacial score (nSPS) is 14.2. The molecule has 6 heteroatoms. The van der Waals surface area contributed by atoms with Gasteiger partial charge in [0.15, 0.2) is 0 Å². The van der Waals surface area contributed by atoms with Crippen LogP contribution in [-0.2, 0) is 17.9 Å². The largest absolute Gasteiger partial charge is 0.324 e. The third-order valence-electron chi connectivity index (χ3n) is 3.10. The van der Waals surface area contributed by atoms with Crippen molar-refractivity contribution in [3.05, 3.63) is 42.2 Å². The molecule has 1 saturated carbocycles. The van der Waals surface area contributed by atoms with Crippen LogP contribution in [-0.4, -0.2) is 26.9 Å². The fourth-order valence-corrected chi connectivity index (χ4v) is 1.90. The molecule has 1 aromatic carbocycles. The predicted octanol–water partition coefficient (Wildman–Crippen LogP) is 1.17. The van der Waals surface area contributed by atoms with Gasteiger partial charge >= 0.3 is 0 Å². The Labute approximate surface area is 117 Å². The van der Waals surface area contributed by atoms with Crippen LogP contribution in [0.25, 0.3) is 0 Å². The minimum Gasteiger partial charge on any atom is -0.324 e. The quantitative estimate of drug-likeness (QED) is 0.827. The highest BCUT2D eigenvalue weighted by Gasteiger charge is 2.20. The van der Waals surface area contributed by atoms with Crippen molar-refractivity contribution in [3.8, 4) is 0 Å². The molecule has 1 aliphatic carbocycles. The Morgan fingerprint density at radius 1 is 1.30 bits per heavy atom. The minimum absolute atomic E-state index is 0.109. The standard InChI is InChI=1S/C14H17N5O/c20-14(16-12-4-2-1-3-5-12)10-19-9-13(17-18-19)8-15-11-6-7-11/h1-5,9,11,15H,6-8,10H2,(H,16,20). The van der Waals surface area contributed by atoms with Crippen LogP contribution in [0.2, 0.25) is 0 Å². The van der Waals surface area contributed by atoms with Crippen molar-refractivity contribution in [1.29, 1.82) is 0 Å². The van der Waals surface area contributed by atoms with Gasteiger partial charge < -0.3 is 10.6 Å². The van der Waals surface area contributed by atoms with Crippen molar-refractivity contribution in [2.75, 3.05) is 5.32 Å². The number of carbonyl (C=O) groups is 1. The summed E-state index contributed by atoms with van der Waals surface area (Å²) in [4.78, 5) is 11.9. The van der Waals surface area contributed by atoms with Crippen molar-refractivity contribution in [1.82, 2.24) is 20.3 Å². The Kier molecular flexibility index (Phi) is 3.73. The third kappa shape index (κ3) is 3.64. The van der Waals surface area contributed by atoms with Gasteiger partial charge in [0.05, 0.1) is 11.9 Å². The molecular formula is C14H17N5O. The second-order valence-corrected chi connectivity index (χ2v) is 4.98. The van der Waals surface area contributed by atoms with Crippen LogP contribution < -0.4 is 10.6 Å². The van der Waals surface area contributed by atoms with Crippen molar-refractivity contribution < 1.29 is 4.79 Å². The highest BCUT2D eigenvalue weighted by Crippen LogP contribution is 2.18. The molecule has 1 aromatic heterocycles. The summed E-state index contributed by atoms with van der Waals surface area (Å²) in [7, 11) is 0. The molecule has 20 heavy (non-hydrogen) atoms. The van der Waals surface area contributed by atoms with E-state index in [1.165, 1.54) is 12.8 Å². The molecule has 0 spiro atoms. The van der Waals surface area contributed by atoms with Crippen LogP contribution in [0.1, 0.15) is 18.5 Å². The maximum Gasteiger partial charge on any atom is 0.246 e. The number of nitrogens with one attached hydrogen (secondary N) is 2. The van der Waals surface area contributed by atoms with E-state index in [9.17, 15) is 4.79 Å². The molecule has 0 atom stereocenters. The van der Waals surface area contributed by atoms with Crippen molar-refractivity contribution >= 4 is 11.6 Å². The summed E-state index contributed by atoms with van der Waals surface area (Å²) in [5.41, 5.74) is 1.65. The first kappa shape index (κ1) is 12.8. The zero-order valence-electron chi connectivity index (χ0n) is 11.1. The number of benzene rings is 1. The van der Waals surface area contributed by atoms with Gasteiger partial charge in [0.2, 0.25) is 5.91 Å². The highest BCUT2D eigenvalue weighted by molar-refractivity contribution is 5.90. The Morgan fingerprint density at radius 2 is 2.10 bits per heavy atom. The zero-order chi connectivity index (χ0) is 13.8. The maximum atomic E-state index is 11.9. The van der Waals surface area contributed by atoms with E-state index < -0.39 is 0 Å². The second-order valence-electron chi connectivity index (χ2n) is 4.98. The molecule has 1 heterocycles. The van der Waals surface area contributed by atoms with E-state index in [1.807, 2.05) is 30.3 Å². The average molecular weight is 271 g/mol. The number of hydrogen-bond acceptors (Lipinski definition) is 4. The molecule has 0 unspecified atom stereocenters. The number of aromatic nitrogens is 3. The molecule has 1 amide bonds. The fourth-order valence-electron chi connectivity index (χ4n) is 1.90. The van der Waals surface area contributed by atoms with Gasteiger partial charge in [-0.05, 0) is 25.0 Å². The van der Waals surface area contributed by atoms with Crippen molar-refractivity contribution in [3.63, 3.8) is 0 Å². The summed E-state index contributed by atoms with van der Waals surface area (Å²) in [5, 5.41) is 14.2. The van der Waals surface area contributed by atoms with E-state index in [2.05, 4.69) is 20.9 Å². The summed E-state index contributed by atoms with van der Waals surface area (Å²) < 4.78 is 1.56. The van der Waals surface area contributed by atoms with E-state index in [-0.39, 0.29) is 12.5 Å². The van der Waals surface area contributed by atoms with E-state index in [4.69, 9.17) is 0 Å². The lowest BCUT2D eigenvalue weighted by atomic mass is 10.3. The number of carbonyl (C=O) groups excluding carboxylic acids is 1. The van der Waals surface area contributed by atoms with Gasteiger partial charge in [0, 0.05) is 18.3 Å². The van der Waals surface area contributed by atoms with Gasteiger partial charge in [-0.1, -0.05) is 23.4 Å². The van der Waals surface area contributed by atoms with Gasteiger partial charge in [0.25, 0.3) is 0 Å². The zero-order valence-corrected chi connectivity index (χ0v) is 11.1. The topological polar surface area (TPSA) is 71.8 Å². The van der Waals surface area contributed by atoms with Gasteiger partial charge in [-0.25, -0.2) is 4.68 Å². The summed E-state index contributed by atoms with van der Waals surface area (Å²) in [6, 6.07) is 10.0. The molecule has 2 N–H and O–H groups in total.